The molecule has 0 aliphatic heterocycles. The molecular weight excluding hydrogens is 272 g/mol. The summed E-state index contributed by atoms with van der Waals surface area (Å²) in [7, 11) is 0. The molecule has 0 aliphatic rings. The second-order valence-corrected chi connectivity index (χ2v) is 5.22. The van der Waals surface area contributed by atoms with Gasteiger partial charge in [-0.05, 0) is 42.2 Å². The van der Waals surface area contributed by atoms with Crippen LogP contribution in [0.15, 0.2) is 42.7 Å². The minimum Gasteiger partial charge on any atom is -0.490 e. The highest BCUT2D eigenvalue weighted by Crippen LogP contribution is 2.14. The van der Waals surface area contributed by atoms with Crippen LogP contribution in [0.5, 0.6) is 5.75 Å². The van der Waals surface area contributed by atoms with E-state index in [9.17, 15) is 0 Å². The lowest BCUT2D eigenvalue weighted by atomic mass is 10.1. The largest absolute Gasteiger partial charge is 0.490 e. The summed E-state index contributed by atoms with van der Waals surface area (Å²) in [6.07, 6.45) is 5.24. The number of aryl methyl sites for hydroxylation is 1. The van der Waals surface area contributed by atoms with Crippen LogP contribution in [0.25, 0.3) is 0 Å². The van der Waals surface area contributed by atoms with E-state index in [1.165, 1.54) is 0 Å². The standard InChI is InChI=1S/C16H19ClN2O/c1-2-12-8-16(10-19-9-12)20-11-15(18)7-13-4-3-5-14(17)6-13/h3-6,8-10,15H,2,7,11,18H2,1H3/t15-/m1/s1. The van der Waals surface area contributed by atoms with E-state index in [-0.39, 0.29) is 6.04 Å². The van der Waals surface area contributed by atoms with Gasteiger partial charge < -0.3 is 10.5 Å². The topological polar surface area (TPSA) is 48.1 Å². The van der Waals surface area contributed by atoms with E-state index in [0.717, 1.165) is 34.7 Å². The quantitative estimate of drug-likeness (QED) is 0.888. The molecule has 0 saturated carbocycles. The maximum Gasteiger partial charge on any atom is 0.137 e. The number of hydrogen-bond acceptors (Lipinski definition) is 3. The average molecular weight is 291 g/mol. The van der Waals surface area contributed by atoms with E-state index < -0.39 is 0 Å². The Morgan fingerprint density at radius 3 is 2.85 bits per heavy atom. The molecule has 0 unspecified atom stereocenters. The van der Waals surface area contributed by atoms with E-state index in [2.05, 4.69) is 11.9 Å². The molecule has 20 heavy (non-hydrogen) atoms. The number of halogens is 1. The van der Waals surface area contributed by atoms with Gasteiger partial charge in [0, 0.05) is 17.3 Å². The third-order valence-corrected chi connectivity index (χ3v) is 3.26. The zero-order chi connectivity index (χ0) is 14.4. The Morgan fingerprint density at radius 1 is 1.25 bits per heavy atom. The highest BCUT2D eigenvalue weighted by atomic mass is 35.5. The van der Waals surface area contributed by atoms with Crippen molar-refractivity contribution >= 4 is 11.6 Å². The Balaban J connectivity index is 1.87. The van der Waals surface area contributed by atoms with Gasteiger partial charge in [-0.2, -0.15) is 0 Å². The van der Waals surface area contributed by atoms with Crippen molar-refractivity contribution in [1.82, 2.24) is 4.98 Å². The molecule has 1 heterocycles. The van der Waals surface area contributed by atoms with Crippen LogP contribution < -0.4 is 10.5 Å². The molecule has 2 rings (SSSR count). The molecule has 3 nitrogen and oxygen atoms in total. The van der Waals surface area contributed by atoms with Crippen molar-refractivity contribution in [1.29, 1.82) is 0 Å². The fraction of sp³-hybridized carbons (Fsp3) is 0.312. The van der Waals surface area contributed by atoms with Gasteiger partial charge >= 0.3 is 0 Å². The lowest BCUT2D eigenvalue weighted by Gasteiger charge is -2.13. The zero-order valence-corrected chi connectivity index (χ0v) is 12.3. The molecule has 2 N–H and O–H groups in total. The molecule has 0 fully saturated rings. The fourth-order valence-corrected chi connectivity index (χ4v) is 2.18. The lowest BCUT2D eigenvalue weighted by Crippen LogP contribution is -2.30. The van der Waals surface area contributed by atoms with Crippen molar-refractivity contribution < 1.29 is 4.74 Å². The predicted molar refractivity (Wildman–Crippen MR) is 82.2 cm³/mol. The van der Waals surface area contributed by atoms with Gasteiger partial charge in [-0.15, -0.1) is 0 Å². The number of pyridine rings is 1. The highest BCUT2D eigenvalue weighted by Gasteiger charge is 2.06. The van der Waals surface area contributed by atoms with Gasteiger partial charge in [0.05, 0.1) is 6.20 Å². The number of nitrogens with two attached hydrogens (primary N) is 1. The molecule has 0 radical (unpaired) electrons. The summed E-state index contributed by atoms with van der Waals surface area (Å²) in [5.41, 5.74) is 8.36. The summed E-state index contributed by atoms with van der Waals surface area (Å²) in [6, 6.07) is 9.67. The van der Waals surface area contributed by atoms with Gasteiger partial charge in [0.15, 0.2) is 0 Å². The minimum absolute atomic E-state index is 0.0706. The molecule has 0 saturated heterocycles. The molecule has 0 spiro atoms. The molecule has 1 aromatic heterocycles. The molecule has 4 heteroatoms. The third-order valence-electron chi connectivity index (χ3n) is 3.03. The minimum atomic E-state index is -0.0706. The summed E-state index contributed by atoms with van der Waals surface area (Å²) < 4.78 is 5.69. The van der Waals surface area contributed by atoms with E-state index in [0.29, 0.717) is 6.61 Å². The maximum atomic E-state index is 6.09. The number of ether oxygens (including phenoxy) is 1. The van der Waals surface area contributed by atoms with Gasteiger partial charge in [0.1, 0.15) is 12.4 Å². The Morgan fingerprint density at radius 2 is 2.10 bits per heavy atom. The Hall–Kier alpha value is -1.58. The van der Waals surface area contributed by atoms with Gasteiger partial charge in [0.25, 0.3) is 0 Å². The first-order valence-electron chi connectivity index (χ1n) is 6.74. The third kappa shape index (κ3) is 4.51. The van der Waals surface area contributed by atoms with Crippen molar-refractivity contribution in [2.24, 2.45) is 5.73 Å². The van der Waals surface area contributed by atoms with Crippen LogP contribution in [0, 0.1) is 0 Å². The number of aromatic nitrogens is 1. The smallest absolute Gasteiger partial charge is 0.137 e. The predicted octanol–water partition coefficient (Wildman–Crippen LogP) is 3.25. The second kappa shape index (κ2) is 7.27. The average Bonchev–Trinajstić information content (AvgIpc) is 2.45. The van der Waals surface area contributed by atoms with Gasteiger partial charge in [-0.1, -0.05) is 30.7 Å². The van der Waals surface area contributed by atoms with Gasteiger partial charge in [-0.25, -0.2) is 0 Å². The SMILES string of the molecule is CCc1cncc(OC[C@H](N)Cc2cccc(Cl)c2)c1. The first-order chi connectivity index (χ1) is 9.67. The summed E-state index contributed by atoms with van der Waals surface area (Å²) >= 11 is 5.95. The Labute approximate surface area is 124 Å². The van der Waals surface area contributed by atoms with Crippen molar-refractivity contribution in [3.8, 4) is 5.75 Å². The van der Waals surface area contributed by atoms with Crippen LogP contribution >= 0.6 is 11.6 Å². The number of rotatable bonds is 6. The molecule has 0 aliphatic carbocycles. The lowest BCUT2D eigenvalue weighted by molar-refractivity contribution is 0.286. The van der Waals surface area contributed by atoms with E-state index >= 15 is 0 Å². The molecule has 1 atom stereocenters. The summed E-state index contributed by atoms with van der Waals surface area (Å²) in [6.45, 7) is 2.55. The van der Waals surface area contributed by atoms with Crippen LogP contribution in [0.3, 0.4) is 0 Å². The highest BCUT2D eigenvalue weighted by molar-refractivity contribution is 6.30. The molecule has 106 valence electrons. The molecule has 2 aromatic rings. The van der Waals surface area contributed by atoms with Crippen LogP contribution in [-0.2, 0) is 12.8 Å². The van der Waals surface area contributed by atoms with Gasteiger partial charge in [0.2, 0.25) is 0 Å². The maximum absolute atomic E-state index is 6.09. The Kier molecular flexibility index (Phi) is 5.39. The van der Waals surface area contributed by atoms with E-state index in [4.69, 9.17) is 22.1 Å². The van der Waals surface area contributed by atoms with Crippen LogP contribution in [-0.4, -0.2) is 17.6 Å². The van der Waals surface area contributed by atoms with E-state index in [1.54, 1.807) is 6.20 Å². The summed E-state index contributed by atoms with van der Waals surface area (Å²) in [5, 5.41) is 0.732. The number of hydrogen-bond donors (Lipinski definition) is 1. The summed E-state index contributed by atoms with van der Waals surface area (Å²) in [5.74, 6) is 0.769. The molecule has 0 amide bonds. The first-order valence-corrected chi connectivity index (χ1v) is 7.12. The zero-order valence-electron chi connectivity index (χ0n) is 11.6. The van der Waals surface area contributed by atoms with Crippen molar-refractivity contribution in [3.63, 3.8) is 0 Å². The monoisotopic (exact) mass is 290 g/mol. The van der Waals surface area contributed by atoms with Crippen molar-refractivity contribution in [2.45, 2.75) is 25.8 Å². The van der Waals surface area contributed by atoms with Crippen LogP contribution in [0.1, 0.15) is 18.1 Å². The summed E-state index contributed by atoms with van der Waals surface area (Å²) in [4.78, 5) is 4.15. The first kappa shape index (κ1) is 14.8. The van der Waals surface area contributed by atoms with Crippen molar-refractivity contribution in [2.75, 3.05) is 6.61 Å². The fourth-order valence-electron chi connectivity index (χ4n) is 1.96. The molecular formula is C16H19ClN2O. The van der Waals surface area contributed by atoms with Gasteiger partial charge in [-0.3, -0.25) is 4.98 Å². The molecule has 0 bridgehead atoms. The van der Waals surface area contributed by atoms with E-state index in [1.807, 2.05) is 36.5 Å². The Bertz CT molecular complexity index is 560. The van der Waals surface area contributed by atoms with Crippen LogP contribution in [0.4, 0.5) is 0 Å². The normalized spacial score (nSPS) is 12.2. The van der Waals surface area contributed by atoms with Crippen molar-refractivity contribution in [3.05, 3.63) is 58.9 Å². The second-order valence-electron chi connectivity index (χ2n) is 4.79. The van der Waals surface area contributed by atoms with Crippen LogP contribution in [0.2, 0.25) is 5.02 Å². The number of benzene rings is 1. The number of nitrogens with zero attached hydrogens (tertiary/aromatic N) is 1. The molecule has 1 aromatic carbocycles.